The van der Waals surface area contributed by atoms with Crippen LogP contribution in [0.5, 0.6) is 0 Å². The molecule has 2 heterocycles. The van der Waals surface area contributed by atoms with E-state index in [2.05, 4.69) is 11.6 Å². The second-order valence-electron chi connectivity index (χ2n) is 3.04. The zero-order valence-electron chi connectivity index (χ0n) is 8.00. The average molecular weight is 210 g/mol. The van der Waals surface area contributed by atoms with E-state index in [0.29, 0.717) is 6.54 Å². The molecule has 0 fully saturated rings. The summed E-state index contributed by atoms with van der Waals surface area (Å²) in [5, 5.41) is 2.45. The highest BCUT2D eigenvalue weighted by molar-refractivity contribution is 7.47. The lowest BCUT2D eigenvalue weighted by molar-refractivity contribution is 0.450. The number of alkyl halides is 1. The largest absolute Gasteiger partial charge is 0.330 e. The SMILES string of the molecule is CPc1ccnc2c1ccn2CCF. The molecule has 0 aliphatic rings. The first-order valence-corrected chi connectivity index (χ1v) is 6.04. The van der Waals surface area contributed by atoms with Crippen LogP contribution in [0.1, 0.15) is 0 Å². The van der Waals surface area contributed by atoms with Gasteiger partial charge in [0.05, 0.1) is 6.54 Å². The quantitative estimate of drug-likeness (QED) is 0.708. The number of halogens is 1. The minimum absolute atomic E-state index is 0.343. The van der Waals surface area contributed by atoms with Crippen LogP contribution < -0.4 is 5.30 Å². The fraction of sp³-hybridized carbons (Fsp3) is 0.300. The van der Waals surface area contributed by atoms with Gasteiger partial charge in [-0.1, -0.05) is 8.58 Å². The van der Waals surface area contributed by atoms with Gasteiger partial charge < -0.3 is 4.57 Å². The molecule has 2 rings (SSSR count). The molecule has 4 heteroatoms. The van der Waals surface area contributed by atoms with Crippen LogP contribution in [0.15, 0.2) is 24.5 Å². The molecule has 0 N–H and O–H groups in total. The van der Waals surface area contributed by atoms with Crippen molar-refractivity contribution in [1.82, 2.24) is 9.55 Å². The number of fused-ring (bicyclic) bond motifs is 1. The molecule has 1 atom stereocenters. The summed E-state index contributed by atoms with van der Waals surface area (Å²) in [4.78, 5) is 4.27. The topological polar surface area (TPSA) is 17.8 Å². The van der Waals surface area contributed by atoms with Gasteiger partial charge in [0.2, 0.25) is 0 Å². The van der Waals surface area contributed by atoms with Crippen LogP contribution in [0, 0.1) is 0 Å². The van der Waals surface area contributed by atoms with E-state index in [1.165, 1.54) is 5.30 Å². The van der Waals surface area contributed by atoms with Crippen LogP contribution in [-0.2, 0) is 6.54 Å². The van der Waals surface area contributed by atoms with Gasteiger partial charge in [0.1, 0.15) is 12.3 Å². The second-order valence-corrected chi connectivity index (χ2v) is 4.08. The zero-order chi connectivity index (χ0) is 9.97. The smallest absolute Gasteiger partial charge is 0.140 e. The van der Waals surface area contributed by atoms with Crippen molar-refractivity contribution < 1.29 is 4.39 Å². The van der Waals surface area contributed by atoms with Gasteiger partial charge in [0.15, 0.2) is 0 Å². The highest BCUT2D eigenvalue weighted by atomic mass is 31.1. The van der Waals surface area contributed by atoms with Crippen LogP contribution in [0.4, 0.5) is 4.39 Å². The Hall–Kier alpha value is -0.950. The van der Waals surface area contributed by atoms with E-state index in [-0.39, 0.29) is 6.67 Å². The molecule has 74 valence electrons. The lowest BCUT2D eigenvalue weighted by Gasteiger charge is -2.02. The van der Waals surface area contributed by atoms with Crippen LogP contribution in [0.2, 0.25) is 0 Å². The first kappa shape index (κ1) is 9.60. The highest BCUT2D eigenvalue weighted by Crippen LogP contribution is 2.16. The molecule has 0 saturated heterocycles. The van der Waals surface area contributed by atoms with Gasteiger partial charge in [-0.3, -0.25) is 0 Å². The van der Waals surface area contributed by atoms with Gasteiger partial charge in [0, 0.05) is 17.8 Å². The maximum Gasteiger partial charge on any atom is 0.140 e. The Morgan fingerprint density at radius 3 is 3.07 bits per heavy atom. The summed E-state index contributed by atoms with van der Waals surface area (Å²) in [6.45, 7) is 2.19. The van der Waals surface area contributed by atoms with Crippen LogP contribution in [-0.4, -0.2) is 22.9 Å². The summed E-state index contributed by atoms with van der Waals surface area (Å²) in [6, 6.07) is 4.05. The molecule has 0 spiro atoms. The Morgan fingerprint density at radius 2 is 2.36 bits per heavy atom. The Balaban J connectivity index is 2.57. The molecule has 0 radical (unpaired) electrons. The lowest BCUT2D eigenvalue weighted by atomic mass is 10.3. The normalized spacial score (nSPS) is 11.9. The predicted molar refractivity (Wildman–Crippen MR) is 59.6 cm³/mol. The van der Waals surface area contributed by atoms with Crippen molar-refractivity contribution in [2.45, 2.75) is 6.54 Å². The van der Waals surface area contributed by atoms with E-state index in [1.807, 2.05) is 22.9 Å². The highest BCUT2D eigenvalue weighted by Gasteiger charge is 2.04. The predicted octanol–water partition coefficient (Wildman–Crippen LogP) is 1.94. The summed E-state index contributed by atoms with van der Waals surface area (Å²) in [6.07, 6.45) is 3.70. The molecule has 14 heavy (non-hydrogen) atoms. The fourth-order valence-corrected chi connectivity index (χ4v) is 2.29. The van der Waals surface area contributed by atoms with Crippen LogP contribution >= 0.6 is 8.58 Å². The van der Waals surface area contributed by atoms with E-state index in [1.54, 1.807) is 6.20 Å². The minimum Gasteiger partial charge on any atom is -0.330 e. The van der Waals surface area contributed by atoms with Crippen molar-refractivity contribution in [3.8, 4) is 0 Å². The average Bonchev–Trinajstić information content (AvgIpc) is 2.62. The van der Waals surface area contributed by atoms with E-state index in [0.717, 1.165) is 19.6 Å². The number of aryl methyl sites for hydroxylation is 1. The van der Waals surface area contributed by atoms with E-state index >= 15 is 0 Å². The summed E-state index contributed by atoms with van der Waals surface area (Å²) >= 11 is 0. The van der Waals surface area contributed by atoms with Crippen LogP contribution in [0.25, 0.3) is 11.0 Å². The lowest BCUT2D eigenvalue weighted by Crippen LogP contribution is -2.01. The molecule has 0 aromatic carbocycles. The first-order chi connectivity index (χ1) is 6.86. The third-order valence-electron chi connectivity index (χ3n) is 2.26. The van der Waals surface area contributed by atoms with Crippen molar-refractivity contribution in [3.05, 3.63) is 24.5 Å². The standard InChI is InChI=1S/C10H12FN2P/c1-14-9-2-5-12-10-8(9)3-6-13(10)7-4-11/h2-3,5-6,14H,4,7H2,1H3. The summed E-state index contributed by atoms with van der Waals surface area (Å²) in [7, 11) is 0.752. The molecule has 0 aliphatic carbocycles. The van der Waals surface area contributed by atoms with Crippen molar-refractivity contribution in [3.63, 3.8) is 0 Å². The molecule has 2 aromatic heterocycles. The number of nitrogens with zero attached hydrogens (tertiary/aromatic N) is 2. The second kappa shape index (κ2) is 4.05. The number of hydrogen-bond acceptors (Lipinski definition) is 1. The van der Waals surface area contributed by atoms with Crippen molar-refractivity contribution in [2.75, 3.05) is 13.3 Å². The molecular formula is C10H12FN2P. The summed E-state index contributed by atoms with van der Waals surface area (Å²) in [5.74, 6) is 0. The molecule has 0 bridgehead atoms. The van der Waals surface area contributed by atoms with E-state index in [9.17, 15) is 4.39 Å². The Morgan fingerprint density at radius 1 is 1.50 bits per heavy atom. The number of aromatic nitrogens is 2. The molecule has 0 amide bonds. The van der Waals surface area contributed by atoms with Gasteiger partial charge in [-0.2, -0.15) is 0 Å². The molecule has 2 nitrogen and oxygen atoms in total. The zero-order valence-corrected chi connectivity index (χ0v) is 9.00. The Bertz CT molecular complexity index is 439. The third-order valence-corrected chi connectivity index (χ3v) is 3.23. The maximum absolute atomic E-state index is 12.2. The molecule has 0 saturated carbocycles. The number of pyridine rings is 1. The Kier molecular flexibility index (Phi) is 2.78. The van der Waals surface area contributed by atoms with Gasteiger partial charge in [0.25, 0.3) is 0 Å². The first-order valence-electron chi connectivity index (χ1n) is 4.54. The van der Waals surface area contributed by atoms with Crippen molar-refractivity contribution >= 4 is 24.9 Å². The van der Waals surface area contributed by atoms with Crippen molar-refractivity contribution in [2.24, 2.45) is 0 Å². The Labute approximate surface area is 83.9 Å². The van der Waals surface area contributed by atoms with Gasteiger partial charge in [-0.05, 0) is 24.1 Å². The van der Waals surface area contributed by atoms with E-state index in [4.69, 9.17) is 0 Å². The monoisotopic (exact) mass is 210 g/mol. The molecular weight excluding hydrogens is 198 g/mol. The van der Waals surface area contributed by atoms with E-state index < -0.39 is 0 Å². The summed E-state index contributed by atoms with van der Waals surface area (Å²) in [5.41, 5.74) is 0.898. The third kappa shape index (κ3) is 1.53. The van der Waals surface area contributed by atoms with Crippen molar-refractivity contribution in [1.29, 1.82) is 0 Å². The van der Waals surface area contributed by atoms with Gasteiger partial charge >= 0.3 is 0 Å². The molecule has 0 aliphatic heterocycles. The van der Waals surface area contributed by atoms with Crippen LogP contribution in [0.3, 0.4) is 0 Å². The summed E-state index contributed by atoms with van der Waals surface area (Å²) < 4.78 is 14.1. The molecule has 2 aromatic rings. The number of hydrogen-bond donors (Lipinski definition) is 0. The fourth-order valence-electron chi connectivity index (χ4n) is 1.58. The van der Waals surface area contributed by atoms with Gasteiger partial charge in [-0.25, -0.2) is 9.37 Å². The van der Waals surface area contributed by atoms with Gasteiger partial charge in [-0.15, -0.1) is 0 Å². The minimum atomic E-state index is -0.343. The maximum atomic E-state index is 12.2. The molecule has 1 unspecified atom stereocenters. The number of rotatable bonds is 3.